The fraction of sp³-hybridized carbons (Fsp3) is 0.0968. The smallest absolute Gasteiger partial charge is 0.343 e. The van der Waals surface area contributed by atoms with Gasteiger partial charge in [0.05, 0.1) is 11.5 Å². The van der Waals surface area contributed by atoms with Gasteiger partial charge in [-0.1, -0.05) is 65.7 Å². The molecule has 1 aliphatic heterocycles. The first-order valence-electron chi connectivity index (χ1n) is 11.9. The standard InChI is InChI=1S/C31H23ClN2O4/c1-19-9-11-20(12-10-19)31(35)37-24-13-14-25-28(16-24)38-30(34)26(17-33)29(25)21-6-4-7-23(15-21)36-18-22-5-2-3-8-27(22)32/h2-16,29H,18,34H2,1H3. The third-order valence-electron chi connectivity index (χ3n) is 6.23. The topological polar surface area (TPSA) is 94.6 Å². The van der Waals surface area contributed by atoms with Crippen molar-refractivity contribution < 1.29 is 19.0 Å². The van der Waals surface area contributed by atoms with Gasteiger partial charge >= 0.3 is 5.97 Å². The predicted octanol–water partition coefficient (Wildman–Crippen LogP) is 6.66. The van der Waals surface area contributed by atoms with E-state index in [1.807, 2.05) is 67.6 Å². The number of fused-ring (bicyclic) bond motifs is 1. The van der Waals surface area contributed by atoms with E-state index in [0.717, 1.165) is 16.7 Å². The Hall–Kier alpha value is -4.73. The monoisotopic (exact) mass is 522 g/mol. The van der Waals surface area contributed by atoms with Gasteiger partial charge in [0, 0.05) is 22.2 Å². The van der Waals surface area contributed by atoms with Crippen molar-refractivity contribution >= 4 is 17.6 Å². The summed E-state index contributed by atoms with van der Waals surface area (Å²) in [5, 5.41) is 10.5. The largest absolute Gasteiger partial charge is 0.489 e. The molecule has 1 heterocycles. The number of esters is 1. The quantitative estimate of drug-likeness (QED) is 0.224. The van der Waals surface area contributed by atoms with Crippen LogP contribution in [0.1, 0.15) is 38.5 Å². The van der Waals surface area contributed by atoms with Gasteiger partial charge in [0.25, 0.3) is 0 Å². The molecule has 4 aromatic rings. The summed E-state index contributed by atoms with van der Waals surface area (Å²) in [5.41, 5.74) is 10.3. The molecule has 0 fully saturated rings. The highest BCUT2D eigenvalue weighted by molar-refractivity contribution is 6.31. The first-order valence-corrected chi connectivity index (χ1v) is 12.3. The minimum absolute atomic E-state index is 0.00519. The molecule has 1 unspecified atom stereocenters. The number of carbonyl (C=O) groups is 1. The van der Waals surface area contributed by atoms with Crippen LogP contribution in [-0.4, -0.2) is 5.97 Å². The number of nitriles is 1. The number of hydrogen-bond donors (Lipinski definition) is 1. The molecule has 0 saturated heterocycles. The third-order valence-corrected chi connectivity index (χ3v) is 6.60. The van der Waals surface area contributed by atoms with E-state index in [2.05, 4.69) is 6.07 Å². The van der Waals surface area contributed by atoms with Crippen molar-refractivity contribution in [3.8, 4) is 23.3 Å². The Labute approximate surface area is 225 Å². The Kier molecular flexibility index (Phi) is 7.03. The van der Waals surface area contributed by atoms with Gasteiger partial charge in [-0.2, -0.15) is 5.26 Å². The lowest BCUT2D eigenvalue weighted by Gasteiger charge is -2.27. The molecule has 0 bridgehead atoms. The fourth-order valence-corrected chi connectivity index (χ4v) is 4.45. The van der Waals surface area contributed by atoms with Crippen LogP contribution in [0.5, 0.6) is 17.2 Å². The normalized spacial score (nSPS) is 14.2. The zero-order valence-corrected chi connectivity index (χ0v) is 21.2. The molecule has 1 atom stereocenters. The molecule has 4 aromatic carbocycles. The van der Waals surface area contributed by atoms with Crippen molar-refractivity contribution in [3.05, 3.63) is 135 Å². The zero-order valence-electron chi connectivity index (χ0n) is 20.5. The lowest BCUT2D eigenvalue weighted by molar-refractivity contribution is 0.0734. The van der Waals surface area contributed by atoms with Gasteiger partial charge in [-0.3, -0.25) is 0 Å². The lowest BCUT2D eigenvalue weighted by Crippen LogP contribution is -2.21. The molecule has 38 heavy (non-hydrogen) atoms. The average Bonchev–Trinajstić information content (AvgIpc) is 2.92. The highest BCUT2D eigenvalue weighted by Crippen LogP contribution is 2.44. The first-order chi connectivity index (χ1) is 18.4. The summed E-state index contributed by atoms with van der Waals surface area (Å²) < 4.78 is 17.3. The number of halogens is 1. The van der Waals surface area contributed by atoms with Crippen molar-refractivity contribution in [2.45, 2.75) is 19.4 Å². The number of benzene rings is 4. The summed E-state index contributed by atoms with van der Waals surface area (Å²) in [6.45, 7) is 2.24. The van der Waals surface area contributed by atoms with Gasteiger partial charge in [0.2, 0.25) is 5.88 Å². The number of ether oxygens (including phenoxy) is 3. The van der Waals surface area contributed by atoms with Gasteiger partial charge in [0.1, 0.15) is 35.5 Å². The lowest BCUT2D eigenvalue weighted by atomic mass is 9.83. The maximum absolute atomic E-state index is 12.6. The second-order valence-electron chi connectivity index (χ2n) is 8.83. The molecule has 7 heteroatoms. The minimum atomic E-state index is -0.491. The molecule has 0 aliphatic carbocycles. The molecule has 5 rings (SSSR count). The van der Waals surface area contributed by atoms with Gasteiger partial charge in [-0.15, -0.1) is 0 Å². The molecule has 0 amide bonds. The number of rotatable bonds is 6. The Bertz CT molecular complexity index is 1590. The van der Waals surface area contributed by atoms with Crippen LogP contribution in [-0.2, 0) is 6.61 Å². The van der Waals surface area contributed by atoms with E-state index in [1.165, 1.54) is 0 Å². The van der Waals surface area contributed by atoms with E-state index in [1.54, 1.807) is 30.3 Å². The van der Waals surface area contributed by atoms with Crippen LogP contribution in [0.4, 0.5) is 0 Å². The molecular formula is C31H23ClN2O4. The number of aryl methyl sites for hydroxylation is 1. The number of nitrogens with zero attached hydrogens (tertiary/aromatic N) is 1. The maximum atomic E-state index is 12.6. The van der Waals surface area contributed by atoms with E-state index in [4.69, 9.17) is 31.5 Å². The minimum Gasteiger partial charge on any atom is -0.489 e. The average molecular weight is 523 g/mol. The second kappa shape index (κ2) is 10.7. The van der Waals surface area contributed by atoms with E-state index >= 15 is 0 Å². The van der Waals surface area contributed by atoms with Crippen LogP contribution in [0.25, 0.3) is 0 Å². The van der Waals surface area contributed by atoms with Crippen molar-refractivity contribution in [2.75, 3.05) is 0 Å². The van der Waals surface area contributed by atoms with Gasteiger partial charge in [-0.05, 0) is 48.9 Å². The summed E-state index contributed by atoms with van der Waals surface area (Å²) in [6, 6.07) is 29.3. The molecule has 0 spiro atoms. The van der Waals surface area contributed by atoms with Crippen LogP contribution in [0, 0.1) is 18.3 Å². The number of nitrogens with two attached hydrogens (primary N) is 1. The number of allylic oxidation sites excluding steroid dienone is 1. The molecule has 1 aliphatic rings. The van der Waals surface area contributed by atoms with Crippen LogP contribution in [0.3, 0.4) is 0 Å². The zero-order chi connectivity index (χ0) is 26.6. The van der Waals surface area contributed by atoms with Gasteiger partial charge < -0.3 is 19.9 Å². The Morgan fingerprint density at radius 1 is 1.00 bits per heavy atom. The molecule has 188 valence electrons. The second-order valence-corrected chi connectivity index (χ2v) is 9.24. The van der Waals surface area contributed by atoms with Crippen LogP contribution in [0.2, 0.25) is 5.02 Å². The Morgan fingerprint density at radius 2 is 1.79 bits per heavy atom. The number of hydrogen-bond acceptors (Lipinski definition) is 6. The summed E-state index contributed by atoms with van der Waals surface area (Å²) in [7, 11) is 0. The van der Waals surface area contributed by atoms with Gasteiger partial charge in [0.15, 0.2) is 0 Å². The Balaban J connectivity index is 1.42. The maximum Gasteiger partial charge on any atom is 0.343 e. The third kappa shape index (κ3) is 5.19. The van der Waals surface area contributed by atoms with Crippen LogP contribution >= 0.6 is 11.6 Å². The summed E-state index contributed by atoms with van der Waals surface area (Å²) >= 11 is 6.26. The van der Waals surface area contributed by atoms with Crippen LogP contribution in [0.15, 0.2) is 102 Å². The van der Waals surface area contributed by atoms with E-state index < -0.39 is 11.9 Å². The molecular weight excluding hydrogens is 500 g/mol. The molecule has 0 saturated carbocycles. The van der Waals surface area contributed by atoms with Gasteiger partial charge in [-0.25, -0.2) is 4.79 Å². The number of carbonyl (C=O) groups excluding carboxylic acids is 1. The predicted molar refractivity (Wildman–Crippen MR) is 144 cm³/mol. The molecule has 6 nitrogen and oxygen atoms in total. The highest BCUT2D eigenvalue weighted by Gasteiger charge is 2.31. The van der Waals surface area contributed by atoms with Crippen molar-refractivity contribution in [2.24, 2.45) is 5.73 Å². The molecule has 0 radical (unpaired) electrons. The van der Waals surface area contributed by atoms with Crippen molar-refractivity contribution in [1.82, 2.24) is 0 Å². The van der Waals surface area contributed by atoms with Crippen LogP contribution < -0.4 is 19.9 Å². The SMILES string of the molecule is Cc1ccc(C(=O)Oc2ccc3c(c2)OC(N)=C(C#N)C3c2cccc(OCc3ccccc3Cl)c2)cc1. The summed E-state index contributed by atoms with van der Waals surface area (Å²) in [4.78, 5) is 12.6. The van der Waals surface area contributed by atoms with E-state index in [-0.39, 0.29) is 11.5 Å². The van der Waals surface area contributed by atoms with Crippen molar-refractivity contribution in [1.29, 1.82) is 5.26 Å². The Morgan fingerprint density at radius 3 is 2.55 bits per heavy atom. The fourth-order valence-electron chi connectivity index (χ4n) is 4.26. The molecule has 2 N–H and O–H groups in total. The summed E-state index contributed by atoms with van der Waals surface area (Å²) in [5.74, 6) is 0.349. The highest BCUT2D eigenvalue weighted by atomic mass is 35.5. The first kappa shape index (κ1) is 24.9. The summed E-state index contributed by atoms with van der Waals surface area (Å²) in [6.07, 6.45) is 0. The molecule has 0 aromatic heterocycles. The van der Waals surface area contributed by atoms with E-state index in [0.29, 0.717) is 40.0 Å². The van der Waals surface area contributed by atoms with E-state index in [9.17, 15) is 10.1 Å². The van der Waals surface area contributed by atoms with Crippen molar-refractivity contribution in [3.63, 3.8) is 0 Å².